The lowest BCUT2D eigenvalue weighted by Crippen LogP contribution is -2.38. The fourth-order valence-electron chi connectivity index (χ4n) is 3.51. The first-order chi connectivity index (χ1) is 14.5. The summed E-state index contributed by atoms with van der Waals surface area (Å²) in [6, 6.07) is 38.8. The highest BCUT2D eigenvalue weighted by Gasteiger charge is 2.47. The molecule has 150 valence electrons. The third-order valence-corrected chi connectivity index (χ3v) is 8.94. The Morgan fingerprint density at radius 3 is 1.10 bits per heavy atom. The molecule has 0 aliphatic heterocycles. The van der Waals surface area contributed by atoms with Gasteiger partial charge in [-0.05, 0) is 60.7 Å². The maximum atomic E-state index is 13.7. The first-order valence-electron chi connectivity index (χ1n) is 9.18. The van der Waals surface area contributed by atoms with Crippen LogP contribution in [0.1, 0.15) is 0 Å². The van der Waals surface area contributed by atoms with Crippen molar-refractivity contribution in [2.45, 2.75) is 0 Å². The van der Waals surface area contributed by atoms with E-state index in [1.54, 1.807) is 12.1 Å². The average Bonchev–Trinajstić information content (AvgIpc) is 2.77. The van der Waals surface area contributed by atoms with Gasteiger partial charge in [0.15, 0.2) is 0 Å². The van der Waals surface area contributed by atoms with Crippen LogP contribution in [0.5, 0.6) is 0 Å². The van der Waals surface area contributed by atoms with Crippen molar-refractivity contribution in [1.29, 1.82) is 0 Å². The Balaban J connectivity index is 0.000000589. The molecule has 30 heavy (non-hydrogen) atoms. The molecule has 4 nitrogen and oxygen atoms in total. The van der Waals surface area contributed by atoms with Crippen LogP contribution in [0, 0.1) is 21.1 Å². The van der Waals surface area contributed by atoms with Crippen LogP contribution < -0.4 is 21.2 Å². The monoisotopic (exact) mass is 419 g/mol. The van der Waals surface area contributed by atoms with E-state index >= 15 is 0 Å². The first-order valence-corrected chi connectivity index (χ1v) is 11.0. The predicted molar refractivity (Wildman–Crippen MR) is 122 cm³/mol. The maximum absolute atomic E-state index is 13.7. The van der Waals surface area contributed by atoms with Crippen molar-refractivity contribution < 1.29 is 9.48 Å². The molecule has 0 saturated carbocycles. The molecule has 0 bridgehead atoms. The minimum absolute atomic E-state index is 0.207. The number of benzene rings is 4. The maximum Gasteiger partial charge on any atom is 0.144 e. The second-order valence-electron chi connectivity index (χ2n) is 6.38. The van der Waals surface area contributed by atoms with Crippen molar-refractivity contribution in [3.05, 3.63) is 136 Å². The van der Waals surface area contributed by atoms with Crippen LogP contribution in [0.3, 0.4) is 0 Å². The van der Waals surface area contributed by atoms with E-state index in [-0.39, 0.29) is 5.82 Å². The van der Waals surface area contributed by atoms with Gasteiger partial charge in [-0.25, -0.2) is 4.39 Å². The molecule has 4 aromatic carbocycles. The molecular formula is C24H19FNO3P. The van der Waals surface area contributed by atoms with Gasteiger partial charge >= 0.3 is 0 Å². The van der Waals surface area contributed by atoms with Crippen molar-refractivity contribution in [1.82, 2.24) is 0 Å². The van der Waals surface area contributed by atoms with Crippen LogP contribution in [-0.4, -0.2) is 5.09 Å². The number of rotatable bonds is 4. The second-order valence-corrected chi connectivity index (χ2v) is 9.78. The summed E-state index contributed by atoms with van der Waals surface area (Å²) in [6.07, 6.45) is 0. The van der Waals surface area contributed by atoms with Gasteiger partial charge in [0.05, 0.1) is 5.09 Å². The largest absolute Gasteiger partial charge is 0.356 e. The zero-order chi connectivity index (χ0) is 21.4. The molecule has 0 aliphatic rings. The lowest BCUT2D eigenvalue weighted by atomic mass is 10.3. The minimum Gasteiger partial charge on any atom is -0.356 e. The molecule has 0 heterocycles. The van der Waals surface area contributed by atoms with Crippen molar-refractivity contribution in [3.8, 4) is 0 Å². The molecule has 0 amide bonds. The van der Waals surface area contributed by atoms with E-state index in [0.29, 0.717) is 0 Å². The van der Waals surface area contributed by atoms with Crippen LogP contribution in [-0.2, 0) is 0 Å². The molecule has 0 spiro atoms. The summed E-state index contributed by atoms with van der Waals surface area (Å²) in [7, 11) is -2.09. The van der Waals surface area contributed by atoms with Crippen molar-refractivity contribution in [2.24, 2.45) is 0 Å². The highest BCUT2D eigenvalue weighted by atomic mass is 31.2. The molecule has 0 unspecified atom stereocenters. The average molecular weight is 419 g/mol. The molecule has 0 radical (unpaired) electrons. The van der Waals surface area contributed by atoms with Gasteiger partial charge in [-0.1, -0.05) is 54.6 Å². The summed E-state index contributed by atoms with van der Waals surface area (Å²) in [5, 5.41) is 19.7. The number of halogens is 1. The Morgan fingerprint density at radius 2 is 0.800 bits per heavy atom. The van der Waals surface area contributed by atoms with Gasteiger partial charge in [0, 0.05) is 0 Å². The summed E-state index contributed by atoms with van der Waals surface area (Å²) >= 11 is 0. The second kappa shape index (κ2) is 9.77. The van der Waals surface area contributed by atoms with Gasteiger partial charge in [0.25, 0.3) is 0 Å². The zero-order valence-electron chi connectivity index (χ0n) is 16.0. The van der Waals surface area contributed by atoms with Crippen molar-refractivity contribution >= 4 is 28.5 Å². The third-order valence-electron chi connectivity index (χ3n) is 4.64. The summed E-state index contributed by atoms with van der Waals surface area (Å²) in [6.45, 7) is 0. The summed E-state index contributed by atoms with van der Waals surface area (Å²) in [4.78, 5) is 8.25. The molecule has 6 heteroatoms. The Morgan fingerprint density at radius 1 is 0.533 bits per heavy atom. The fraction of sp³-hybridized carbons (Fsp3) is 0. The number of hydrogen-bond acceptors (Lipinski definition) is 3. The van der Waals surface area contributed by atoms with Crippen LogP contribution in [0.2, 0.25) is 0 Å². The Bertz CT molecular complexity index is 975. The predicted octanol–water partition coefficient (Wildman–Crippen LogP) is 4.21. The third kappa shape index (κ3) is 4.53. The highest BCUT2D eigenvalue weighted by molar-refractivity contribution is 8.01. The molecule has 0 N–H and O–H groups in total. The highest BCUT2D eigenvalue weighted by Crippen LogP contribution is 2.54. The zero-order valence-corrected chi connectivity index (χ0v) is 16.9. The number of nitrogens with zero attached hydrogens (tertiary/aromatic N) is 1. The van der Waals surface area contributed by atoms with Crippen molar-refractivity contribution in [2.75, 3.05) is 0 Å². The minimum atomic E-state index is -2.09. The van der Waals surface area contributed by atoms with E-state index in [9.17, 15) is 4.39 Å². The molecule has 0 atom stereocenters. The van der Waals surface area contributed by atoms with Gasteiger partial charge in [-0.15, -0.1) is 0 Å². The van der Waals surface area contributed by atoms with E-state index in [1.165, 1.54) is 15.9 Å². The normalized spacial score (nSPS) is 10.6. The molecule has 0 fully saturated rings. The van der Waals surface area contributed by atoms with Gasteiger partial charge in [-0.3, -0.25) is 0 Å². The van der Waals surface area contributed by atoms with Gasteiger partial charge in [0.2, 0.25) is 0 Å². The van der Waals surface area contributed by atoms with E-state index < -0.39 is 12.3 Å². The SMILES string of the molecule is Fc1ccc([P+](c2ccccc2)(c2ccccc2)c2ccccc2)cc1.O=[N+]([O-])[O-]. The number of hydrogen-bond donors (Lipinski definition) is 0. The van der Waals surface area contributed by atoms with Crippen LogP contribution >= 0.6 is 7.26 Å². The molecule has 0 aromatic heterocycles. The molecule has 4 aromatic rings. The van der Waals surface area contributed by atoms with Crippen LogP contribution in [0.15, 0.2) is 115 Å². The standard InChI is InChI=1S/C24H19FP.NO3/c25-20-16-18-24(19-17-20)26(21-10-4-1-5-11-21,22-12-6-2-7-13-22)23-14-8-3-9-15-23;2-1(3)4/h1-19H;/q+1;-1. The van der Waals surface area contributed by atoms with E-state index in [1.807, 2.05) is 30.3 Å². The molecule has 0 saturated heterocycles. The summed E-state index contributed by atoms with van der Waals surface area (Å²) in [5.41, 5.74) is 0. The fourth-order valence-corrected chi connectivity index (χ4v) is 7.76. The van der Waals surface area contributed by atoms with E-state index in [2.05, 4.69) is 72.8 Å². The summed E-state index contributed by atoms with van der Waals surface area (Å²) in [5.74, 6) is -0.207. The smallest absolute Gasteiger partial charge is 0.144 e. The molecule has 0 aliphatic carbocycles. The summed E-state index contributed by atoms with van der Waals surface area (Å²) < 4.78 is 13.7. The van der Waals surface area contributed by atoms with Gasteiger partial charge < -0.3 is 15.3 Å². The van der Waals surface area contributed by atoms with Crippen LogP contribution in [0.4, 0.5) is 4.39 Å². The Kier molecular flexibility index (Phi) is 6.89. The van der Waals surface area contributed by atoms with E-state index in [0.717, 1.165) is 5.30 Å². The lowest BCUT2D eigenvalue weighted by molar-refractivity contribution is -0.402. The van der Waals surface area contributed by atoms with Crippen molar-refractivity contribution in [3.63, 3.8) is 0 Å². The first kappa shape index (κ1) is 21.2. The van der Waals surface area contributed by atoms with E-state index in [4.69, 9.17) is 15.3 Å². The molecular weight excluding hydrogens is 400 g/mol. The Hall–Kier alpha value is -3.56. The van der Waals surface area contributed by atoms with Gasteiger partial charge in [0.1, 0.15) is 34.3 Å². The van der Waals surface area contributed by atoms with Gasteiger partial charge in [-0.2, -0.15) is 0 Å². The molecule has 4 rings (SSSR count). The van der Waals surface area contributed by atoms with Crippen LogP contribution in [0.25, 0.3) is 0 Å². The Labute approximate surface area is 174 Å². The lowest BCUT2D eigenvalue weighted by Gasteiger charge is -2.27. The quantitative estimate of drug-likeness (QED) is 0.283. The topological polar surface area (TPSA) is 66.2 Å².